The summed E-state index contributed by atoms with van der Waals surface area (Å²) in [6, 6.07) is 14.2. The molecule has 0 aliphatic rings. The van der Waals surface area contributed by atoms with E-state index >= 15 is 0 Å². The van der Waals surface area contributed by atoms with Gasteiger partial charge in [0.2, 0.25) is 0 Å². The van der Waals surface area contributed by atoms with E-state index in [1.165, 1.54) is 23.9 Å². The van der Waals surface area contributed by atoms with Crippen LogP contribution in [0, 0.1) is 12.7 Å². The van der Waals surface area contributed by atoms with Crippen molar-refractivity contribution in [2.45, 2.75) is 19.2 Å². The Hall–Kier alpha value is -2.77. The number of hydrogen-bond donors (Lipinski definition) is 2. The molecule has 28 heavy (non-hydrogen) atoms. The number of halogens is 1. The first-order chi connectivity index (χ1) is 13.6. The zero-order valence-electron chi connectivity index (χ0n) is 15.7. The summed E-state index contributed by atoms with van der Waals surface area (Å²) in [6.45, 7) is 2.16. The normalized spacial score (nSPS) is 10.7. The van der Waals surface area contributed by atoms with Crippen molar-refractivity contribution in [3.63, 3.8) is 0 Å². The van der Waals surface area contributed by atoms with Crippen LogP contribution in [0.15, 0.2) is 54.7 Å². The van der Waals surface area contributed by atoms with Crippen LogP contribution >= 0.6 is 11.9 Å². The third-order valence-electron chi connectivity index (χ3n) is 4.13. The second-order valence-corrected chi connectivity index (χ2v) is 7.18. The number of rotatable bonds is 7. The third kappa shape index (κ3) is 5.15. The Kier molecular flexibility index (Phi) is 6.73. The summed E-state index contributed by atoms with van der Waals surface area (Å²) < 4.78 is 16.4. The predicted octanol–water partition coefficient (Wildman–Crippen LogP) is 3.89. The van der Waals surface area contributed by atoms with Crippen LogP contribution in [0.5, 0.6) is 0 Å². The molecule has 0 saturated heterocycles. The minimum atomic E-state index is -0.351. The molecule has 144 valence electrons. The average molecular weight is 396 g/mol. The number of nitrogens with one attached hydrogen (secondary N) is 2. The van der Waals surface area contributed by atoms with Gasteiger partial charge < -0.3 is 5.32 Å². The summed E-state index contributed by atoms with van der Waals surface area (Å²) in [5.41, 5.74) is 3.74. The fourth-order valence-corrected chi connectivity index (χ4v) is 3.21. The largest absolute Gasteiger partial charge is 0.348 e. The van der Waals surface area contributed by atoms with Gasteiger partial charge in [-0.2, -0.15) is 0 Å². The zero-order chi connectivity index (χ0) is 19.9. The number of aryl methyl sites for hydroxylation is 1. The van der Waals surface area contributed by atoms with Gasteiger partial charge in [0.25, 0.3) is 5.91 Å². The van der Waals surface area contributed by atoms with Gasteiger partial charge in [0.05, 0.1) is 11.3 Å². The van der Waals surface area contributed by atoms with Crippen molar-refractivity contribution >= 4 is 17.9 Å². The van der Waals surface area contributed by atoms with E-state index in [0.717, 1.165) is 11.3 Å². The van der Waals surface area contributed by atoms with Crippen molar-refractivity contribution in [1.29, 1.82) is 0 Å². The lowest BCUT2D eigenvalue weighted by molar-refractivity contribution is 0.0949. The van der Waals surface area contributed by atoms with E-state index in [1.807, 2.05) is 19.2 Å². The summed E-state index contributed by atoms with van der Waals surface area (Å²) >= 11 is 1.62. The van der Waals surface area contributed by atoms with Crippen molar-refractivity contribution < 1.29 is 9.18 Å². The quantitative estimate of drug-likeness (QED) is 0.593. The SMILES string of the molecule is CNSCc1cccc(CNC(=O)c2cnc(-c3cccc(F)c3)nc2C)c1. The Labute approximate surface area is 167 Å². The number of carbonyl (C=O) groups is 1. The Morgan fingerprint density at radius 2 is 1.93 bits per heavy atom. The summed E-state index contributed by atoms with van der Waals surface area (Å²) in [5, 5.41) is 2.91. The van der Waals surface area contributed by atoms with Gasteiger partial charge in [0.1, 0.15) is 5.82 Å². The number of carbonyl (C=O) groups excluding carboxylic acids is 1. The molecule has 0 bridgehead atoms. The molecular formula is C21H21FN4OS. The van der Waals surface area contributed by atoms with Gasteiger partial charge in [-0.1, -0.05) is 48.3 Å². The van der Waals surface area contributed by atoms with E-state index < -0.39 is 0 Å². The number of amides is 1. The summed E-state index contributed by atoms with van der Waals surface area (Å²) in [6.07, 6.45) is 1.48. The number of hydrogen-bond acceptors (Lipinski definition) is 5. The van der Waals surface area contributed by atoms with Gasteiger partial charge in [-0.15, -0.1) is 0 Å². The number of aromatic nitrogens is 2. The molecule has 0 unspecified atom stereocenters. The van der Waals surface area contributed by atoms with Gasteiger partial charge in [0, 0.05) is 24.1 Å². The molecule has 5 nitrogen and oxygen atoms in total. The summed E-state index contributed by atoms with van der Waals surface area (Å²) in [4.78, 5) is 21.1. The van der Waals surface area contributed by atoms with Gasteiger partial charge >= 0.3 is 0 Å². The molecular weight excluding hydrogens is 375 g/mol. The molecule has 0 saturated carbocycles. The molecule has 1 heterocycles. The molecule has 0 aliphatic heterocycles. The standard InChI is InChI=1S/C21H21FN4OS/c1-14-19(12-24-20(26-14)17-7-4-8-18(22)10-17)21(27)25-11-15-5-3-6-16(9-15)13-28-23-2/h3-10,12,23H,11,13H2,1-2H3,(H,25,27). The molecule has 1 aromatic heterocycles. The molecule has 0 fully saturated rings. The zero-order valence-corrected chi connectivity index (χ0v) is 16.5. The van der Waals surface area contributed by atoms with Crippen LogP contribution in [0.4, 0.5) is 4.39 Å². The van der Waals surface area contributed by atoms with Gasteiger partial charge in [-0.05, 0) is 37.2 Å². The fraction of sp³-hybridized carbons (Fsp3) is 0.190. The Bertz CT molecular complexity index is 980. The van der Waals surface area contributed by atoms with Gasteiger partial charge in [0.15, 0.2) is 5.82 Å². The lowest BCUT2D eigenvalue weighted by Gasteiger charge is -2.09. The van der Waals surface area contributed by atoms with Crippen LogP contribution in [-0.2, 0) is 12.3 Å². The van der Waals surface area contributed by atoms with Crippen LogP contribution in [0.3, 0.4) is 0 Å². The monoisotopic (exact) mass is 396 g/mol. The molecule has 3 aromatic rings. The van der Waals surface area contributed by atoms with Crippen LogP contribution in [0.25, 0.3) is 11.4 Å². The van der Waals surface area contributed by atoms with Crippen LogP contribution in [0.1, 0.15) is 27.2 Å². The first-order valence-corrected chi connectivity index (χ1v) is 9.79. The van der Waals surface area contributed by atoms with E-state index in [2.05, 4.69) is 32.1 Å². The maximum Gasteiger partial charge on any atom is 0.254 e. The first kappa shape index (κ1) is 20.0. The van der Waals surface area contributed by atoms with E-state index in [4.69, 9.17) is 0 Å². The molecule has 0 spiro atoms. The molecule has 3 rings (SSSR count). The Morgan fingerprint density at radius 1 is 1.14 bits per heavy atom. The van der Waals surface area contributed by atoms with E-state index in [9.17, 15) is 9.18 Å². The van der Waals surface area contributed by atoms with Crippen molar-refractivity contribution in [2.75, 3.05) is 7.05 Å². The smallest absolute Gasteiger partial charge is 0.254 e. The third-order valence-corrected chi connectivity index (χ3v) is 4.90. The van der Waals surface area contributed by atoms with Crippen molar-refractivity contribution in [3.05, 3.63) is 82.9 Å². The van der Waals surface area contributed by atoms with E-state index in [0.29, 0.717) is 29.2 Å². The number of benzene rings is 2. The average Bonchev–Trinajstić information content (AvgIpc) is 2.70. The van der Waals surface area contributed by atoms with Gasteiger partial charge in [-0.25, -0.2) is 14.4 Å². The Balaban J connectivity index is 1.68. The highest BCUT2D eigenvalue weighted by atomic mass is 32.2. The molecule has 0 aliphatic carbocycles. The summed E-state index contributed by atoms with van der Waals surface area (Å²) in [7, 11) is 1.89. The maximum absolute atomic E-state index is 13.4. The lowest BCUT2D eigenvalue weighted by Crippen LogP contribution is -2.24. The summed E-state index contributed by atoms with van der Waals surface area (Å²) in [5.74, 6) is 0.657. The maximum atomic E-state index is 13.4. The molecule has 7 heteroatoms. The molecule has 2 aromatic carbocycles. The number of nitrogens with zero attached hydrogens (tertiary/aromatic N) is 2. The highest BCUT2D eigenvalue weighted by molar-refractivity contribution is 7.96. The van der Waals surface area contributed by atoms with Crippen molar-refractivity contribution in [3.8, 4) is 11.4 Å². The van der Waals surface area contributed by atoms with Crippen LogP contribution in [0.2, 0.25) is 0 Å². The van der Waals surface area contributed by atoms with Crippen molar-refractivity contribution in [1.82, 2.24) is 20.0 Å². The lowest BCUT2D eigenvalue weighted by atomic mass is 10.1. The minimum Gasteiger partial charge on any atom is -0.348 e. The van der Waals surface area contributed by atoms with E-state index in [-0.39, 0.29) is 11.7 Å². The second-order valence-electron chi connectivity index (χ2n) is 6.20. The van der Waals surface area contributed by atoms with Crippen molar-refractivity contribution in [2.24, 2.45) is 0 Å². The Morgan fingerprint density at radius 3 is 2.68 bits per heavy atom. The highest BCUT2D eigenvalue weighted by Crippen LogP contribution is 2.17. The fourth-order valence-electron chi connectivity index (χ4n) is 2.72. The van der Waals surface area contributed by atoms with Crippen LogP contribution < -0.4 is 10.0 Å². The van der Waals surface area contributed by atoms with Crippen LogP contribution in [-0.4, -0.2) is 22.9 Å². The molecule has 0 atom stereocenters. The second kappa shape index (κ2) is 9.43. The first-order valence-electron chi connectivity index (χ1n) is 8.81. The predicted molar refractivity (Wildman–Crippen MR) is 110 cm³/mol. The highest BCUT2D eigenvalue weighted by Gasteiger charge is 2.13. The minimum absolute atomic E-state index is 0.238. The molecule has 1 amide bonds. The van der Waals surface area contributed by atoms with E-state index in [1.54, 1.807) is 31.0 Å². The van der Waals surface area contributed by atoms with Gasteiger partial charge in [-0.3, -0.25) is 9.52 Å². The molecule has 2 N–H and O–H groups in total. The topological polar surface area (TPSA) is 66.9 Å². The molecule has 0 radical (unpaired) electrons.